The largest absolute Gasteiger partial charge is 0.495 e. The molecule has 8 heteroatoms. The normalized spacial score (nSPS) is 16.9. The number of sulfonamides is 1. The van der Waals surface area contributed by atoms with E-state index in [2.05, 4.69) is 4.72 Å². The lowest BCUT2D eigenvalue weighted by Crippen LogP contribution is -2.44. The standard InChI is InChI=1S/C19H21ClFNO4S/c1-25-17-7-4-15(20)12-18(17)27(23,24)22-13-19(8-10-26-11-9-19)14-2-5-16(21)6-3-14/h2-7,12,22H,8-11,13H2,1H3. The SMILES string of the molecule is COc1ccc(Cl)cc1S(=O)(=O)NCC1(c2ccc(F)cc2)CCOCC1. The first kappa shape index (κ1) is 20.1. The van der Waals surface area contributed by atoms with Crippen molar-refractivity contribution in [2.45, 2.75) is 23.2 Å². The summed E-state index contributed by atoms with van der Waals surface area (Å²) >= 11 is 5.97. The van der Waals surface area contributed by atoms with Crippen molar-refractivity contribution in [2.75, 3.05) is 26.9 Å². The van der Waals surface area contributed by atoms with Gasteiger partial charge in [-0.15, -0.1) is 0 Å². The molecule has 0 saturated carbocycles. The van der Waals surface area contributed by atoms with E-state index < -0.39 is 15.4 Å². The number of methoxy groups -OCH3 is 1. The van der Waals surface area contributed by atoms with Crippen molar-refractivity contribution in [1.82, 2.24) is 4.72 Å². The van der Waals surface area contributed by atoms with Crippen LogP contribution in [0.2, 0.25) is 5.02 Å². The monoisotopic (exact) mass is 413 g/mol. The highest BCUT2D eigenvalue weighted by atomic mass is 35.5. The highest BCUT2D eigenvalue weighted by Gasteiger charge is 2.36. The molecule has 3 rings (SSSR count). The molecule has 1 aliphatic rings. The second-order valence-corrected chi connectivity index (χ2v) is 8.69. The summed E-state index contributed by atoms with van der Waals surface area (Å²) in [4.78, 5) is -0.0150. The van der Waals surface area contributed by atoms with E-state index >= 15 is 0 Å². The van der Waals surface area contributed by atoms with Crippen LogP contribution in [-0.4, -0.2) is 35.3 Å². The fourth-order valence-electron chi connectivity index (χ4n) is 3.30. The van der Waals surface area contributed by atoms with Crippen molar-refractivity contribution >= 4 is 21.6 Å². The lowest BCUT2D eigenvalue weighted by Gasteiger charge is -2.38. The zero-order valence-corrected chi connectivity index (χ0v) is 16.4. The molecule has 1 saturated heterocycles. The van der Waals surface area contributed by atoms with Gasteiger partial charge in [0, 0.05) is 30.2 Å². The molecule has 2 aromatic rings. The number of ether oxygens (including phenoxy) is 2. The van der Waals surface area contributed by atoms with E-state index in [1.54, 1.807) is 18.2 Å². The van der Waals surface area contributed by atoms with Crippen molar-refractivity contribution in [3.05, 3.63) is 58.9 Å². The maximum Gasteiger partial charge on any atom is 0.244 e. The van der Waals surface area contributed by atoms with Crippen molar-refractivity contribution in [3.8, 4) is 5.75 Å². The Morgan fingerprint density at radius 2 is 1.85 bits per heavy atom. The Kier molecular flexibility index (Phi) is 6.05. The summed E-state index contributed by atoms with van der Waals surface area (Å²) in [5.41, 5.74) is 0.415. The van der Waals surface area contributed by atoms with Crippen molar-refractivity contribution in [3.63, 3.8) is 0 Å². The minimum absolute atomic E-state index is 0.0150. The minimum Gasteiger partial charge on any atom is -0.495 e. The zero-order valence-electron chi connectivity index (χ0n) is 14.9. The van der Waals surface area contributed by atoms with Crippen molar-refractivity contribution in [1.29, 1.82) is 0 Å². The zero-order chi connectivity index (χ0) is 19.5. The Balaban J connectivity index is 1.89. The van der Waals surface area contributed by atoms with Crippen LogP contribution in [0.25, 0.3) is 0 Å². The molecule has 1 N–H and O–H groups in total. The van der Waals surface area contributed by atoms with Crippen LogP contribution < -0.4 is 9.46 Å². The number of hydrogen-bond acceptors (Lipinski definition) is 4. The molecule has 146 valence electrons. The van der Waals surface area contributed by atoms with E-state index in [-0.39, 0.29) is 23.0 Å². The first-order valence-corrected chi connectivity index (χ1v) is 10.4. The van der Waals surface area contributed by atoms with E-state index in [0.717, 1.165) is 5.56 Å². The maximum atomic E-state index is 13.3. The smallest absolute Gasteiger partial charge is 0.244 e. The maximum absolute atomic E-state index is 13.3. The van der Waals surface area contributed by atoms with Gasteiger partial charge < -0.3 is 9.47 Å². The second-order valence-electron chi connectivity index (χ2n) is 6.52. The van der Waals surface area contributed by atoms with Gasteiger partial charge in [0.15, 0.2) is 0 Å². The second kappa shape index (κ2) is 8.14. The number of rotatable bonds is 6. The summed E-state index contributed by atoms with van der Waals surface area (Å²) < 4.78 is 52.4. The molecule has 5 nitrogen and oxygen atoms in total. The lowest BCUT2D eigenvalue weighted by molar-refractivity contribution is 0.0517. The summed E-state index contributed by atoms with van der Waals surface area (Å²) in [7, 11) is -2.45. The predicted molar refractivity (Wildman–Crippen MR) is 101 cm³/mol. The molecule has 1 aliphatic heterocycles. The fraction of sp³-hybridized carbons (Fsp3) is 0.368. The summed E-state index contributed by atoms with van der Waals surface area (Å²) in [6, 6.07) is 10.6. The van der Waals surface area contributed by atoms with Crippen molar-refractivity contribution in [2.24, 2.45) is 0 Å². The van der Waals surface area contributed by atoms with Gasteiger partial charge in [-0.05, 0) is 48.7 Å². The lowest BCUT2D eigenvalue weighted by atomic mass is 9.74. The van der Waals surface area contributed by atoms with E-state index in [9.17, 15) is 12.8 Å². The molecule has 0 aliphatic carbocycles. The molecule has 1 heterocycles. The molecular weight excluding hydrogens is 393 g/mol. The van der Waals surface area contributed by atoms with Gasteiger partial charge in [-0.1, -0.05) is 23.7 Å². The Bertz CT molecular complexity index is 896. The summed E-state index contributed by atoms with van der Waals surface area (Å²) in [6.45, 7) is 1.19. The third-order valence-electron chi connectivity index (χ3n) is 4.92. The van der Waals surface area contributed by atoms with Crippen molar-refractivity contribution < 1.29 is 22.3 Å². The van der Waals surface area contributed by atoms with E-state index in [1.807, 2.05) is 0 Å². The average Bonchev–Trinajstić information content (AvgIpc) is 2.68. The van der Waals surface area contributed by atoms with Gasteiger partial charge in [-0.25, -0.2) is 17.5 Å². The summed E-state index contributed by atoms with van der Waals surface area (Å²) in [5.74, 6) is -0.111. The predicted octanol–water partition coefficient (Wildman–Crippen LogP) is 3.51. The Hall–Kier alpha value is -1.67. The molecule has 0 bridgehead atoms. The molecule has 1 fully saturated rings. The molecule has 0 spiro atoms. The van der Waals surface area contributed by atoms with Gasteiger partial charge in [-0.2, -0.15) is 0 Å². The number of benzene rings is 2. The Labute approximate surface area is 163 Å². The van der Waals surface area contributed by atoms with Crippen LogP contribution in [0.3, 0.4) is 0 Å². The number of halogens is 2. The molecule has 0 atom stereocenters. The van der Waals surface area contributed by atoms with Crippen LogP contribution in [0.4, 0.5) is 4.39 Å². The molecule has 2 aromatic carbocycles. The Morgan fingerprint density at radius 1 is 1.19 bits per heavy atom. The van der Waals surface area contributed by atoms with Gasteiger partial charge in [0.1, 0.15) is 16.5 Å². The highest BCUT2D eigenvalue weighted by molar-refractivity contribution is 7.89. The van der Waals surface area contributed by atoms with Gasteiger partial charge in [0.2, 0.25) is 10.0 Å². The topological polar surface area (TPSA) is 64.6 Å². The first-order chi connectivity index (χ1) is 12.9. The molecule has 27 heavy (non-hydrogen) atoms. The molecule has 0 radical (unpaired) electrons. The molecular formula is C19H21ClFNO4S. The van der Waals surface area contributed by atoms with E-state index in [1.165, 1.54) is 31.4 Å². The Morgan fingerprint density at radius 3 is 2.48 bits per heavy atom. The van der Waals surface area contributed by atoms with Gasteiger partial charge >= 0.3 is 0 Å². The van der Waals surface area contributed by atoms with Crippen LogP contribution in [0.15, 0.2) is 47.4 Å². The van der Waals surface area contributed by atoms with Crippen LogP contribution in [-0.2, 0) is 20.2 Å². The van der Waals surface area contributed by atoms with Gasteiger partial charge in [0.05, 0.1) is 7.11 Å². The summed E-state index contributed by atoms with van der Waals surface area (Å²) in [6.07, 6.45) is 1.27. The van der Waals surface area contributed by atoms with Crippen LogP contribution in [0.5, 0.6) is 5.75 Å². The average molecular weight is 414 g/mol. The number of nitrogens with one attached hydrogen (secondary N) is 1. The van der Waals surface area contributed by atoms with Gasteiger partial charge in [-0.3, -0.25) is 0 Å². The number of hydrogen-bond donors (Lipinski definition) is 1. The van der Waals surface area contributed by atoms with E-state index in [0.29, 0.717) is 31.1 Å². The third kappa shape index (κ3) is 4.43. The minimum atomic E-state index is -3.85. The molecule has 0 aromatic heterocycles. The van der Waals surface area contributed by atoms with Gasteiger partial charge in [0.25, 0.3) is 0 Å². The first-order valence-electron chi connectivity index (χ1n) is 8.53. The van der Waals surface area contributed by atoms with Crippen LogP contribution in [0, 0.1) is 5.82 Å². The van der Waals surface area contributed by atoms with Crippen LogP contribution >= 0.6 is 11.6 Å². The quantitative estimate of drug-likeness (QED) is 0.787. The third-order valence-corrected chi connectivity index (χ3v) is 6.58. The van der Waals surface area contributed by atoms with E-state index in [4.69, 9.17) is 21.1 Å². The molecule has 0 amide bonds. The summed E-state index contributed by atoms with van der Waals surface area (Å²) in [5, 5.41) is 0.301. The fourth-order valence-corrected chi connectivity index (χ4v) is 4.86. The highest BCUT2D eigenvalue weighted by Crippen LogP contribution is 2.35. The molecule has 0 unspecified atom stereocenters. The van der Waals surface area contributed by atoms with Crippen LogP contribution in [0.1, 0.15) is 18.4 Å².